The van der Waals surface area contributed by atoms with Gasteiger partial charge in [-0.15, -0.1) is 0 Å². The third-order valence-corrected chi connectivity index (χ3v) is 5.92. The van der Waals surface area contributed by atoms with Gasteiger partial charge in [0.05, 0.1) is 32.8 Å². The van der Waals surface area contributed by atoms with Crippen LogP contribution in [0.4, 0.5) is 0 Å². The van der Waals surface area contributed by atoms with Crippen molar-refractivity contribution < 1.29 is 18.8 Å². The van der Waals surface area contributed by atoms with Crippen molar-refractivity contribution in [3.63, 3.8) is 0 Å². The number of piperazine rings is 1. The van der Waals surface area contributed by atoms with Crippen LogP contribution in [0.2, 0.25) is 0 Å². The topological polar surface area (TPSA) is 60.0 Å². The molecule has 2 aromatic carbocycles. The highest BCUT2D eigenvalue weighted by Gasteiger charge is 2.24. The molecule has 0 radical (unpaired) electrons. The number of hydrogen-bond donors (Lipinski definition) is 1. The van der Waals surface area contributed by atoms with Crippen molar-refractivity contribution in [2.75, 3.05) is 32.8 Å². The van der Waals surface area contributed by atoms with Gasteiger partial charge in [-0.3, -0.25) is 4.79 Å². The van der Waals surface area contributed by atoms with Crippen LogP contribution in [-0.2, 0) is 24.2 Å². The first kappa shape index (κ1) is 18.2. The molecule has 1 amide bonds. The van der Waals surface area contributed by atoms with Gasteiger partial charge in [0, 0.05) is 24.8 Å². The van der Waals surface area contributed by atoms with Crippen molar-refractivity contribution >= 4 is 17.0 Å². The average Bonchev–Trinajstić information content (AvgIpc) is 3.38. The molecular formula is C23H26N3O3+. The molecule has 5 rings (SSSR count). The van der Waals surface area contributed by atoms with Crippen molar-refractivity contribution in [3.05, 3.63) is 59.5 Å². The monoisotopic (exact) mass is 392 g/mol. The molecule has 1 saturated heterocycles. The average molecular weight is 392 g/mol. The third kappa shape index (κ3) is 3.98. The van der Waals surface area contributed by atoms with Crippen LogP contribution in [0.1, 0.15) is 23.4 Å². The summed E-state index contributed by atoms with van der Waals surface area (Å²) in [6, 6.07) is 14.3. The molecule has 2 aliphatic rings. The number of nitrogens with one attached hydrogen (secondary N) is 1. The maximum atomic E-state index is 12.6. The molecule has 1 aromatic heterocycles. The van der Waals surface area contributed by atoms with E-state index in [0.717, 1.165) is 62.6 Å². The first-order valence-electron chi connectivity index (χ1n) is 10.4. The van der Waals surface area contributed by atoms with Crippen LogP contribution >= 0.6 is 0 Å². The Morgan fingerprint density at radius 2 is 2.00 bits per heavy atom. The molecule has 0 aliphatic carbocycles. The lowest BCUT2D eigenvalue weighted by atomic mass is 10.1. The molecule has 1 fully saturated rings. The Balaban J connectivity index is 1.11. The summed E-state index contributed by atoms with van der Waals surface area (Å²) < 4.78 is 11.3. The first-order chi connectivity index (χ1) is 14.2. The maximum Gasteiger partial charge on any atom is 0.223 e. The number of quaternary nitrogens is 1. The molecule has 3 heterocycles. The van der Waals surface area contributed by atoms with E-state index < -0.39 is 0 Å². The number of oxazole rings is 1. The minimum Gasteiger partial charge on any atom is -0.493 e. The van der Waals surface area contributed by atoms with E-state index in [2.05, 4.69) is 23.2 Å². The fraction of sp³-hybridized carbons (Fsp3) is 0.391. The Bertz CT molecular complexity index is 988. The number of para-hydroxylation sites is 2. The Hall–Kier alpha value is -2.86. The summed E-state index contributed by atoms with van der Waals surface area (Å²) in [4.78, 5) is 20.6. The van der Waals surface area contributed by atoms with E-state index >= 15 is 0 Å². The molecule has 3 aromatic rings. The fourth-order valence-corrected chi connectivity index (χ4v) is 4.29. The second-order valence-corrected chi connectivity index (χ2v) is 7.92. The number of rotatable bonds is 5. The van der Waals surface area contributed by atoms with E-state index in [1.54, 1.807) is 0 Å². The summed E-state index contributed by atoms with van der Waals surface area (Å²) in [6.07, 6.45) is 2.02. The number of carbonyl (C=O) groups is 1. The van der Waals surface area contributed by atoms with Crippen LogP contribution < -0.4 is 9.64 Å². The van der Waals surface area contributed by atoms with Crippen molar-refractivity contribution in [2.24, 2.45) is 0 Å². The summed E-state index contributed by atoms with van der Waals surface area (Å²) in [5.41, 5.74) is 4.32. The largest absolute Gasteiger partial charge is 0.493 e. The van der Waals surface area contributed by atoms with E-state index in [4.69, 9.17) is 9.15 Å². The standard InChI is InChI=1S/C23H25N3O3/c27-23(8-7-22-24-19-3-1-2-4-21(19)29-22)26-12-10-25(11-13-26)16-17-5-6-20-18(15-17)9-14-28-20/h1-6,15H,7-14,16H2/p+1. The first-order valence-corrected chi connectivity index (χ1v) is 10.4. The normalized spacial score (nSPS) is 16.8. The number of carbonyl (C=O) groups excluding carboxylic acids is 1. The number of amides is 1. The van der Waals surface area contributed by atoms with Crippen LogP contribution in [0, 0.1) is 0 Å². The summed E-state index contributed by atoms with van der Waals surface area (Å²) in [6.45, 7) is 5.42. The zero-order chi connectivity index (χ0) is 19.6. The summed E-state index contributed by atoms with van der Waals surface area (Å²) in [7, 11) is 0. The minimum atomic E-state index is 0.195. The lowest BCUT2D eigenvalue weighted by Gasteiger charge is -2.32. The van der Waals surface area contributed by atoms with Crippen molar-refractivity contribution in [1.82, 2.24) is 9.88 Å². The predicted octanol–water partition coefficient (Wildman–Crippen LogP) is 1.62. The number of aryl methyl sites for hydroxylation is 1. The van der Waals surface area contributed by atoms with Crippen molar-refractivity contribution in [2.45, 2.75) is 25.8 Å². The van der Waals surface area contributed by atoms with Crippen LogP contribution in [-0.4, -0.2) is 48.6 Å². The number of hydrogen-bond acceptors (Lipinski definition) is 4. The van der Waals surface area contributed by atoms with Gasteiger partial charge in [0.2, 0.25) is 5.91 Å². The molecular weight excluding hydrogens is 366 g/mol. The van der Waals surface area contributed by atoms with E-state index in [-0.39, 0.29) is 5.91 Å². The van der Waals surface area contributed by atoms with Gasteiger partial charge in [0.15, 0.2) is 11.5 Å². The lowest BCUT2D eigenvalue weighted by molar-refractivity contribution is -0.917. The van der Waals surface area contributed by atoms with Gasteiger partial charge < -0.3 is 19.0 Å². The zero-order valence-electron chi connectivity index (χ0n) is 16.5. The van der Waals surface area contributed by atoms with Gasteiger partial charge in [0.1, 0.15) is 17.8 Å². The smallest absolute Gasteiger partial charge is 0.223 e. The Morgan fingerprint density at radius 3 is 2.86 bits per heavy atom. The Labute approximate surface area is 170 Å². The highest BCUT2D eigenvalue weighted by molar-refractivity contribution is 5.76. The SMILES string of the molecule is O=C(CCc1nc2ccccc2o1)N1CC[NH+](Cc2ccc3c(c2)CCO3)CC1. The molecule has 6 heteroatoms. The highest BCUT2D eigenvalue weighted by atomic mass is 16.5. The van der Waals surface area contributed by atoms with Crippen LogP contribution in [0.5, 0.6) is 5.75 Å². The van der Waals surface area contributed by atoms with E-state index in [9.17, 15) is 4.79 Å². The van der Waals surface area contributed by atoms with Gasteiger partial charge in [-0.2, -0.15) is 0 Å². The number of aromatic nitrogens is 1. The van der Waals surface area contributed by atoms with E-state index in [1.807, 2.05) is 29.2 Å². The predicted molar refractivity (Wildman–Crippen MR) is 109 cm³/mol. The Morgan fingerprint density at radius 1 is 1.14 bits per heavy atom. The van der Waals surface area contributed by atoms with Gasteiger partial charge >= 0.3 is 0 Å². The highest BCUT2D eigenvalue weighted by Crippen LogP contribution is 2.25. The van der Waals surface area contributed by atoms with Crippen molar-refractivity contribution in [3.8, 4) is 5.75 Å². The Kier molecular flexibility index (Phi) is 4.94. The van der Waals surface area contributed by atoms with E-state index in [1.165, 1.54) is 16.0 Å². The number of fused-ring (bicyclic) bond motifs is 2. The van der Waals surface area contributed by atoms with Crippen LogP contribution in [0.15, 0.2) is 46.9 Å². The molecule has 150 valence electrons. The quantitative estimate of drug-likeness (QED) is 0.717. The molecule has 6 nitrogen and oxygen atoms in total. The summed E-state index contributed by atoms with van der Waals surface area (Å²) in [5, 5.41) is 0. The second kappa shape index (κ2) is 7.87. The number of benzene rings is 2. The van der Waals surface area contributed by atoms with Crippen molar-refractivity contribution in [1.29, 1.82) is 0 Å². The van der Waals surface area contributed by atoms with E-state index in [0.29, 0.717) is 18.7 Å². The maximum absolute atomic E-state index is 12.6. The molecule has 0 bridgehead atoms. The third-order valence-electron chi connectivity index (χ3n) is 5.92. The zero-order valence-corrected chi connectivity index (χ0v) is 16.5. The molecule has 29 heavy (non-hydrogen) atoms. The fourth-order valence-electron chi connectivity index (χ4n) is 4.29. The molecule has 0 atom stereocenters. The van der Waals surface area contributed by atoms with Gasteiger partial charge in [-0.1, -0.05) is 12.1 Å². The van der Waals surface area contributed by atoms with Crippen LogP contribution in [0.3, 0.4) is 0 Å². The van der Waals surface area contributed by atoms with Crippen LogP contribution in [0.25, 0.3) is 11.1 Å². The summed E-state index contributed by atoms with van der Waals surface area (Å²) in [5.74, 6) is 1.88. The molecule has 2 aliphatic heterocycles. The molecule has 0 unspecified atom stereocenters. The van der Waals surface area contributed by atoms with Gasteiger partial charge in [-0.05, 0) is 35.9 Å². The lowest BCUT2D eigenvalue weighted by Crippen LogP contribution is -3.13. The minimum absolute atomic E-state index is 0.195. The second-order valence-electron chi connectivity index (χ2n) is 7.92. The van der Waals surface area contributed by atoms with Gasteiger partial charge in [-0.25, -0.2) is 4.98 Å². The number of ether oxygens (including phenoxy) is 1. The summed E-state index contributed by atoms with van der Waals surface area (Å²) >= 11 is 0. The molecule has 0 spiro atoms. The molecule has 1 N–H and O–H groups in total. The number of nitrogens with zero attached hydrogens (tertiary/aromatic N) is 2. The van der Waals surface area contributed by atoms with Gasteiger partial charge in [0.25, 0.3) is 0 Å². The molecule has 0 saturated carbocycles.